The van der Waals surface area contributed by atoms with E-state index in [4.69, 9.17) is 0 Å². The monoisotopic (exact) mass is 275 g/mol. The highest BCUT2D eigenvalue weighted by Crippen LogP contribution is 2.21. The minimum Gasteiger partial charge on any atom is -0.396 e. The van der Waals surface area contributed by atoms with Crippen LogP contribution < -0.4 is 5.32 Å². The number of benzene rings is 1. The van der Waals surface area contributed by atoms with Crippen LogP contribution in [0.25, 0.3) is 0 Å². The number of aliphatic hydroxyl groups excluding tert-OH is 1. The van der Waals surface area contributed by atoms with E-state index in [1.165, 1.54) is 5.56 Å². The molecule has 0 saturated heterocycles. The van der Waals surface area contributed by atoms with Crippen LogP contribution in [0.5, 0.6) is 0 Å². The van der Waals surface area contributed by atoms with Gasteiger partial charge < -0.3 is 15.3 Å². The molecule has 20 heavy (non-hydrogen) atoms. The predicted octanol–water partition coefficient (Wildman–Crippen LogP) is 1.51. The minimum atomic E-state index is -0.178. The van der Waals surface area contributed by atoms with Gasteiger partial charge in [-0.1, -0.05) is 37.3 Å². The van der Waals surface area contributed by atoms with Crippen molar-refractivity contribution in [1.29, 1.82) is 0 Å². The number of aliphatic imine (C=N–C) groups is 1. The zero-order valence-corrected chi connectivity index (χ0v) is 12.5. The van der Waals surface area contributed by atoms with E-state index in [9.17, 15) is 5.11 Å². The van der Waals surface area contributed by atoms with Crippen molar-refractivity contribution in [3.05, 3.63) is 35.9 Å². The molecule has 0 fully saturated rings. The molecule has 0 amide bonds. The zero-order valence-electron chi connectivity index (χ0n) is 12.5. The molecule has 0 saturated carbocycles. The van der Waals surface area contributed by atoms with Gasteiger partial charge in [0.2, 0.25) is 0 Å². The number of nitrogens with one attached hydrogen (secondary N) is 1. The van der Waals surface area contributed by atoms with Gasteiger partial charge in [0.25, 0.3) is 0 Å². The van der Waals surface area contributed by atoms with E-state index in [-0.39, 0.29) is 12.0 Å². The Morgan fingerprint density at radius 2 is 2.10 bits per heavy atom. The predicted molar refractivity (Wildman–Crippen MR) is 82.9 cm³/mol. The largest absolute Gasteiger partial charge is 0.396 e. The van der Waals surface area contributed by atoms with Crippen molar-refractivity contribution in [2.75, 3.05) is 33.3 Å². The first-order chi connectivity index (χ1) is 9.63. The fraction of sp³-hybridized carbons (Fsp3) is 0.562. The summed E-state index contributed by atoms with van der Waals surface area (Å²) in [5.74, 6) is 0.948. The van der Waals surface area contributed by atoms with Crippen LogP contribution in [0.4, 0.5) is 0 Å². The molecule has 2 N–H and O–H groups in total. The van der Waals surface area contributed by atoms with Gasteiger partial charge in [0, 0.05) is 32.1 Å². The standard InChI is InChI=1S/C16H25N3O/c1-16(13-20,11-14-7-4-3-5-8-14)12-18-15-17-9-6-10-19(15)2/h3-5,7-8,20H,6,9-13H2,1-2H3,(H,17,18). The van der Waals surface area contributed by atoms with Crippen LogP contribution in [0, 0.1) is 5.41 Å². The lowest BCUT2D eigenvalue weighted by Gasteiger charge is -2.32. The molecule has 0 radical (unpaired) electrons. The summed E-state index contributed by atoms with van der Waals surface area (Å²) in [6.07, 6.45) is 1.97. The molecule has 1 atom stereocenters. The highest BCUT2D eigenvalue weighted by Gasteiger charge is 2.25. The summed E-state index contributed by atoms with van der Waals surface area (Å²) in [6, 6.07) is 10.3. The van der Waals surface area contributed by atoms with Crippen LogP contribution in [0.3, 0.4) is 0 Å². The van der Waals surface area contributed by atoms with Gasteiger partial charge in [0.05, 0.1) is 6.61 Å². The topological polar surface area (TPSA) is 47.9 Å². The van der Waals surface area contributed by atoms with Crippen LogP contribution in [0.1, 0.15) is 18.9 Å². The summed E-state index contributed by atoms with van der Waals surface area (Å²) in [5.41, 5.74) is 1.08. The molecule has 110 valence electrons. The van der Waals surface area contributed by atoms with E-state index in [1.807, 2.05) is 18.2 Å². The number of rotatable bonds is 5. The lowest BCUT2D eigenvalue weighted by molar-refractivity contribution is 0.143. The van der Waals surface area contributed by atoms with Gasteiger partial charge in [-0.25, -0.2) is 0 Å². The molecule has 0 spiro atoms. The van der Waals surface area contributed by atoms with E-state index in [0.717, 1.165) is 38.4 Å². The normalized spacial score (nSPS) is 18.4. The van der Waals surface area contributed by atoms with Crippen molar-refractivity contribution in [1.82, 2.24) is 10.2 Å². The molecular formula is C16H25N3O. The van der Waals surface area contributed by atoms with Crippen LogP contribution in [0.15, 0.2) is 35.3 Å². The van der Waals surface area contributed by atoms with Crippen molar-refractivity contribution < 1.29 is 5.11 Å². The Morgan fingerprint density at radius 3 is 2.75 bits per heavy atom. The first-order valence-corrected chi connectivity index (χ1v) is 7.27. The first kappa shape index (κ1) is 14.9. The summed E-state index contributed by atoms with van der Waals surface area (Å²) < 4.78 is 0. The third-order valence-electron chi connectivity index (χ3n) is 3.80. The van der Waals surface area contributed by atoms with Gasteiger partial charge in [-0.2, -0.15) is 0 Å². The van der Waals surface area contributed by atoms with Gasteiger partial charge in [0.15, 0.2) is 5.96 Å². The molecule has 1 aromatic rings. The summed E-state index contributed by atoms with van der Waals surface area (Å²) in [6.45, 7) is 4.92. The number of guanidine groups is 1. The van der Waals surface area contributed by atoms with Crippen LogP contribution in [-0.4, -0.2) is 49.3 Å². The van der Waals surface area contributed by atoms with Gasteiger partial charge in [-0.3, -0.25) is 4.99 Å². The molecule has 0 aromatic heterocycles. The molecule has 1 heterocycles. The van der Waals surface area contributed by atoms with Crippen molar-refractivity contribution in [2.24, 2.45) is 10.4 Å². The summed E-state index contributed by atoms with van der Waals surface area (Å²) in [7, 11) is 2.05. The third kappa shape index (κ3) is 3.97. The second-order valence-corrected chi connectivity index (χ2v) is 5.97. The maximum atomic E-state index is 9.75. The molecule has 2 rings (SSSR count). The molecule has 1 aliphatic rings. The second-order valence-electron chi connectivity index (χ2n) is 5.97. The molecular weight excluding hydrogens is 250 g/mol. The van der Waals surface area contributed by atoms with Gasteiger partial charge in [0.1, 0.15) is 0 Å². The van der Waals surface area contributed by atoms with E-state index >= 15 is 0 Å². The van der Waals surface area contributed by atoms with Gasteiger partial charge >= 0.3 is 0 Å². The maximum absolute atomic E-state index is 9.75. The number of nitrogens with zero attached hydrogens (tertiary/aromatic N) is 2. The zero-order chi connectivity index (χ0) is 14.4. The Morgan fingerprint density at radius 1 is 1.35 bits per heavy atom. The highest BCUT2D eigenvalue weighted by molar-refractivity contribution is 5.80. The minimum absolute atomic E-state index is 0.159. The van der Waals surface area contributed by atoms with E-state index < -0.39 is 0 Å². The Labute approximate surface area is 121 Å². The third-order valence-corrected chi connectivity index (χ3v) is 3.80. The average Bonchev–Trinajstić information content (AvgIpc) is 2.47. The maximum Gasteiger partial charge on any atom is 0.193 e. The van der Waals surface area contributed by atoms with Gasteiger partial charge in [-0.15, -0.1) is 0 Å². The molecule has 4 nitrogen and oxygen atoms in total. The highest BCUT2D eigenvalue weighted by atomic mass is 16.3. The van der Waals surface area contributed by atoms with Crippen LogP contribution in [0.2, 0.25) is 0 Å². The van der Waals surface area contributed by atoms with Gasteiger partial charge in [-0.05, 0) is 18.4 Å². The van der Waals surface area contributed by atoms with E-state index in [0.29, 0.717) is 0 Å². The first-order valence-electron chi connectivity index (χ1n) is 7.27. The van der Waals surface area contributed by atoms with Crippen molar-refractivity contribution in [2.45, 2.75) is 19.8 Å². The molecule has 0 aliphatic carbocycles. The quantitative estimate of drug-likeness (QED) is 0.856. The summed E-state index contributed by atoms with van der Waals surface area (Å²) in [5, 5.41) is 13.1. The van der Waals surface area contributed by atoms with E-state index in [2.05, 4.69) is 41.3 Å². The number of hydrogen-bond acceptors (Lipinski definition) is 4. The Kier molecular flexibility index (Phi) is 5.01. The Hall–Kier alpha value is -1.55. The fourth-order valence-corrected chi connectivity index (χ4v) is 2.47. The second kappa shape index (κ2) is 6.75. The smallest absolute Gasteiger partial charge is 0.193 e. The Balaban J connectivity index is 1.95. The Bertz CT molecular complexity index is 446. The molecule has 1 aliphatic heterocycles. The molecule has 1 unspecified atom stereocenters. The van der Waals surface area contributed by atoms with Crippen molar-refractivity contribution in [3.63, 3.8) is 0 Å². The number of hydrogen-bond donors (Lipinski definition) is 2. The van der Waals surface area contributed by atoms with Crippen LogP contribution in [-0.2, 0) is 6.42 Å². The summed E-state index contributed by atoms with van der Waals surface area (Å²) in [4.78, 5) is 6.65. The lowest BCUT2D eigenvalue weighted by Crippen LogP contribution is -2.47. The van der Waals surface area contributed by atoms with Crippen molar-refractivity contribution >= 4 is 5.96 Å². The SMILES string of the molecule is CN1CCCN=C1NCC(C)(CO)Cc1ccccc1. The number of aliphatic hydroxyl groups is 1. The molecule has 0 bridgehead atoms. The fourth-order valence-electron chi connectivity index (χ4n) is 2.47. The van der Waals surface area contributed by atoms with Crippen LogP contribution >= 0.6 is 0 Å². The molecule has 1 aromatic carbocycles. The summed E-state index contributed by atoms with van der Waals surface area (Å²) >= 11 is 0. The van der Waals surface area contributed by atoms with E-state index in [1.54, 1.807) is 0 Å². The average molecular weight is 275 g/mol. The lowest BCUT2D eigenvalue weighted by atomic mass is 9.84. The molecule has 4 heteroatoms. The van der Waals surface area contributed by atoms with Crippen molar-refractivity contribution in [3.8, 4) is 0 Å².